The Morgan fingerprint density at radius 2 is 1.84 bits per heavy atom. The number of carbonyl (C=O) groups is 1. The molecule has 6 aromatic rings. The van der Waals surface area contributed by atoms with Crippen molar-refractivity contribution in [2.75, 3.05) is 19.4 Å². The van der Waals surface area contributed by atoms with Crippen molar-refractivity contribution >= 4 is 33.9 Å². The van der Waals surface area contributed by atoms with Crippen LogP contribution in [0, 0.1) is 5.82 Å². The minimum Gasteiger partial charge on any atom is -0.331 e. The van der Waals surface area contributed by atoms with Gasteiger partial charge in [-0.3, -0.25) is 10.1 Å². The number of amides is 2. The lowest BCUT2D eigenvalue weighted by Gasteiger charge is -2.12. The first kappa shape index (κ1) is 22.3. The van der Waals surface area contributed by atoms with E-state index in [1.54, 1.807) is 51.0 Å². The number of hydrogen-bond acceptors (Lipinski definition) is 6. The number of benzene rings is 1. The Bertz CT molecular complexity index is 1790. The van der Waals surface area contributed by atoms with Crippen LogP contribution in [0.5, 0.6) is 0 Å². The van der Waals surface area contributed by atoms with Gasteiger partial charge in [-0.1, -0.05) is 12.1 Å². The minimum absolute atomic E-state index is 0.249. The second-order valence-electron chi connectivity index (χ2n) is 8.63. The fourth-order valence-electron chi connectivity index (χ4n) is 4.05. The monoisotopic (exact) mass is 493 g/mol. The number of aromatic nitrogens is 7. The van der Waals surface area contributed by atoms with Crippen LogP contribution in [0.15, 0.2) is 67.3 Å². The summed E-state index contributed by atoms with van der Waals surface area (Å²) in [6.07, 6.45) is 6.64. The molecule has 10 nitrogen and oxygen atoms in total. The number of halogens is 1. The van der Waals surface area contributed by atoms with Gasteiger partial charge >= 0.3 is 6.03 Å². The summed E-state index contributed by atoms with van der Waals surface area (Å²) in [5.41, 5.74) is 5.92. The number of nitrogens with zero attached hydrogens (tertiary/aromatic N) is 6. The highest BCUT2D eigenvalue weighted by atomic mass is 19.1. The fraction of sp³-hybridized carbons (Fsp3) is 0.0769. The van der Waals surface area contributed by atoms with Crippen LogP contribution in [0.2, 0.25) is 0 Å². The van der Waals surface area contributed by atoms with Crippen molar-refractivity contribution in [3.63, 3.8) is 0 Å². The summed E-state index contributed by atoms with van der Waals surface area (Å²) in [4.78, 5) is 34.6. The number of H-pyrrole nitrogens is 2. The zero-order chi connectivity index (χ0) is 25.5. The maximum atomic E-state index is 13.9. The van der Waals surface area contributed by atoms with E-state index in [0.29, 0.717) is 39.6 Å². The van der Waals surface area contributed by atoms with Gasteiger partial charge in [-0.2, -0.15) is 5.10 Å². The molecule has 0 unspecified atom stereocenters. The molecule has 0 saturated carbocycles. The zero-order valence-corrected chi connectivity index (χ0v) is 19.8. The SMILES string of the molecule is CN(C)C(=O)Nc1cncc(-c2cnc3[nH]nc(-c4nc5c(-c6cccc(F)c6)ccnc5[nH]4)c3c2)c1. The number of pyridine rings is 3. The van der Waals surface area contributed by atoms with Crippen molar-refractivity contribution in [1.82, 2.24) is 40.0 Å². The lowest BCUT2D eigenvalue weighted by molar-refractivity contribution is 0.230. The van der Waals surface area contributed by atoms with E-state index in [2.05, 4.69) is 35.5 Å². The molecular formula is C26H20FN9O. The number of urea groups is 1. The van der Waals surface area contributed by atoms with E-state index in [0.717, 1.165) is 22.1 Å². The van der Waals surface area contributed by atoms with Crippen LogP contribution in [-0.2, 0) is 0 Å². The van der Waals surface area contributed by atoms with Gasteiger partial charge in [0.05, 0.1) is 17.3 Å². The number of fused-ring (bicyclic) bond motifs is 2. The number of aromatic amines is 2. The summed E-state index contributed by atoms with van der Waals surface area (Å²) in [5, 5.41) is 10.9. The molecule has 0 aliphatic rings. The van der Waals surface area contributed by atoms with Gasteiger partial charge in [-0.25, -0.2) is 24.1 Å². The molecule has 0 radical (unpaired) electrons. The molecule has 3 N–H and O–H groups in total. The number of carbonyl (C=O) groups excluding carboxylic acids is 1. The molecule has 37 heavy (non-hydrogen) atoms. The number of imidazole rings is 1. The highest BCUT2D eigenvalue weighted by molar-refractivity contribution is 5.96. The molecule has 0 spiro atoms. The van der Waals surface area contributed by atoms with E-state index in [-0.39, 0.29) is 11.8 Å². The molecule has 0 fully saturated rings. The quantitative estimate of drug-likeness (QED) is 0.322. The van der Waals surface area contributed by atoms with E-state index in [1.807, 2.05) is 18.2 Å². The number of nitrogens with one attached hydrogen (secondary N) is 3. The summed E-state index contributed by atoms with van der Waals surface area (Å²) in [7, 11) is 3.33. The van der Waals surface area contributed by atoms with Crippen LogP contribution >= 0.6 is 0 Å². The van der Waals surface area contributed by atoms with Gasteiger partial charge in [0.2, 0.25) is 0 Å². The molecule has 5 aromatic heterocycles. The van der Waals surface area contributed by atoms with Crippen LogP contribution in [-0.4, -0.2) is 60.1 Å². The Labute approximate surface area is 209 Å². The average Bonchev–Trinajstić information content (AvgIpc) is 3.52. The lowest BCUT2D eigenvalue weighted by atomic mass is 10.1. The lowest BCUT2D eigenvalue weighted by Crippen LogP contribution is -2.27. The first-order chi connectivity index (χ1) is 18.0. The molecule has 6 rings (SSSR count). The second-order valence-corrected chi connectivity index (χ2v) is 8.63. The molecule has 0 aliphatic heterocycles. The second kappa shape index (κ2) is 8.79. The Morgan fingerprint density at radius 1 is 0.973 bits per heavy atom. The van der Waals surface area contributed by atoms with E-state index < -0.39 is 0 Å². The Balaban J connectivity index is 1.41. The highest BCUT2D eigenvalue weighted by Crippen LogP contribution is 2.32. The van der Waals surface area contributed by atoms with Crippen LogP contribution < -0.4 is 5.32 Å². The van der Waals surface area contributed by atoms with Crippen molar-refractivity contribution < 1.29 is 9.18 Å². The standard InChI is InChI=1S/C26H20FN9O/c1-36(2)26(37)31-18-9-15(11-28-13-18)16-10-20-22(34-35-23(20)30-12-16)25-32-21-19(6-7-29-24(21)33-25)14-4-3-5-17(27)8-14/h3-13H,1-2H3,(H,31,37)(H,29,32,33)(H,30,34,35). The molecule has 182 valence electrons. The van der Waals surface area contributed by atoms with E-state index in [4.69, 9.17) is 4.98 Å². The van der Waals surface area contributed by atoms with Crippen molar-refractivity contribution in [1.29, 1.82) is 0 Å². The van der Waals surface area contributed by atoms with Gasteiger partial charge in [-0.15, -0.1) is 0 Å². The fourth-order valence-corrected chi connectivity index (χ4v) is 4.05. The summed E-state index contributed by atoms with van der Waals surface area (Å²) < 4.78 is 13.9. The maximum absolute atomic E-state index is 13.9. The molecule has 0 atom stereocenters. The number of rotatable bonds is 4. The van der Waals surface area contributed by atoms with Gasteiger partial charge in [-0.05, 0) is 35.9 Å². The summed E-state index contributed by atoms with van der Waals surface area (Å²) in [6, 6.07) is 11.7. The molecule has 0 bridgehead atoms. The van der Waals surface area contributed by atoms with Crippen molar-refractivity contribution in [2.45, 2.75) is 0 Å². The third kappa shape index (κ3) is 4.12. The van der Waals surface area contributed by atoms with Gasteiger partial charge in [0.1, 0.15) is 17.0 Å². The predicted octanol–water partition coefficient (Wildman–Crippen LogP) is 4.86. The third-order valence-corrected chi connectivity index (χ3v) is 5.89. The smallest absolute Gasteiger partial charge is 0.321 e. The van der Waals surface area contributed by atoms with Crippen molar-refractivity contribution in [3.05, 3.63) is 73.1 Å². The summed E-state index contributed by atoms with van der Waals surface area (Å²) in [6.45, 7) is 0. The largest absolute Gasteiger partial charge is 0.331 e. The summed E-state index contributed by atoms with van der Waals surface area (Å²) in [5.74, 6) is 0.177. The molecule has 11 heteroatoms. The normalized spacial score (nSPS) is 11.2. The predicted molar refractivity (Wildman–Crippen MR) is 138 cm³/mol. The molecule has 5 heterocycles. The van der Waals surface area contributed by atoms with Gasteiger partial charge in [0, 0.05) is 49.4 Å². The molecule has 2 amide bonds. The molecular weight excluding hydrogens is 473 g/mol. The van der Waals surface area contributed by atoms with Crippen LogP contribution in [0.1, 0.15) is 0 Å². The highest BCUT2D eigenvalue weighted by Gasteiger charge is 2.17. The number of anilines is 1. The van der Waals surface area contributed by atoms with Crippen LogP contribution in [0.25, 0.3) is 56.0 Å². The van der Waals surface area contributed by atoms with Crippen LogP contribution in [0.3, 0.4) is 0 Å². The zero-order valence-electron chi connectivity index (χ0n) is 19.8. The van der Waals surface area contributed by atoms with E-state index >= 15 is 0 Å². The molecule has 0 aliphatic carbocycles. The van der Waals surface area contributed by atoms with Gasteiger partial charge in [0.25, 0.3) is 0 Å². The molecule has 0 saturated heterocycles. The van der Waals surface area contributed by atoms with Gasteiger partial charge < -0.3 is 15.2 Å². The Kier molecular flexibility index (Phi) is 5.29. The molecule has 1 aromatic carbocycles. The number of hydrogen-bond donors (Lipinski definition) is 3. The topological polar surface area (TPSA) is 128 Å². The summed E-state index contributed by atoms with van der Waals surface area (Å²) >= 11 is 0. The third-order valence-electron chi connectivity index (χ3n) is 5.89. The van der Waals surface area contributed by atoms with Crippen molar-refractivity contribution in [2.24, 2.45) is 0 Å². The Morgan fingerprint density at radius 3 is 2.68 bits per heavy atom. The van der Waals surface area contributed by atoms with Crippen molar-refractivity contribution in [3.8, 4) is 33.8 Å². The average molecular weight is 494 g/mol. The van der Waals surface area contributed by atoms with E-state index in [9.17, 15) is 9.18 Å². The minimum atomic E-state index is -0.324. The van der Waals surface area contributed by atoms with Gasteiger partial charge in [0.15, 0.2) is 17.1 Å². The van der Waals surface area contributed by atoms with E-state index in [1.165, 1.54) is 17.0 Å². The van der Waals surface area contributed by atoms with Crippen LogP contribution in [0.4, 0.5) is 14.9 Å². The first-order valence-electron chi connectivity index (χ1n) is 11.3. The maximum Gasteiger partial charge on any atom is 0.321 e. The first-order valence-corrected chi connectivity index (χ1v) is 11.3. The Hall–Kier alpha value is -5.19.